The van der Waals surface area contributed by atoms with Gasteiger partial charge < -0.3 is 0 Å². The zero-order valence-electron chi connectivity index (χ0n) is 9.40. The summed E-state index contributed by atoms with van der Waals surface area (Å²) in [7, 11) is 0. The largest absolute Gasteiger partial charge is 0.236 e. The Morgan fingerprint density at radius 3 is 2.18 bits per heavy atom. The van der Waals surface area contributed by atoms with Crippen molar-refractivity contribution < 1.29 is 0 Å². The highest BCUT2D eigenvalue weighted by molar-refractivity contribution is 5.15. The highest BCUT2D eigenvalue weighted by atomic mass is 16.3. The predicted octanol–water partition coefficient (Wildman–Crippen LogP) is 1.93. The van der Waals surface area contributed by atoms with E-state index in [1.54, 1.807) is 0 Å². The molecule has 0 N–H and O–H groups in total. The molecule has 2 rings (SSSR count). The van der Waals surface area contributed by atoms with Gasteiger partial charge >= 0.3 is 0 Å². The van der Waals surface area contributed by atoms with E-state index in [2.05, 4.69) is 10.6 Å². The Morgan fingerprint density at radius 1 is 1.06 bits per heavy atom. The Hall–Kier alpha value is -1.98. The van der Waals surface area contributed by atoms with Crippen molar-refractivity contribution in [3.05, 3.63) is 45.7 Å². The quantitative estimate of drug-likeness (QED) is 0.746. The van der Waals surface area contributed by atoms with Gasteiger partial charge in [0.05, 0.1) is 10.6 Å². The molecule has 17 heavy (non-hydrogen) atoms. The van der Waals surface area contributed by atoms with Gasteiger partial charge in [-0.3, -0.25) is 0 Å². The molecule has 1 aromatic rings. The summed E-state index contributed by atoms with van der Waals surface area (Å²) in [5, 5.41) is 8.71. The van der Waals surface area contributed by atoms with E-state index < -0.39 is 0 Å². The molecule has 6 nitrogen and oxygen atoms in total. The lowest BCUT2D eigenvalue weighted by Gasteiger charge is -2.36. The number of hydrogen-bond donors (Lipinski definition) is 0. The van der Waals surface area contributed by atoms with Crippen LogP contribution in [0, 0.1) is 9.81 Å². The van der Waals surface area contributed by atoms with Crippen LogP contribution in [0.15, 0.2) is 40.9 Å². The van der Waals surface area contributed by atoms with Crippen LogP contribution < -0.4 is 0 Å². The van der Waals surface area contributed by atoms with Gasteiger partial charge in [0.15, 0.2) is 0 Å². The highest BCUT2D eigenvalue weighted by Crippen LogP contribution is 2.19. The molecule has 0 bridgehead atoms. The van der Waals surface area contributed by atoms with Crippen LogP contribution in [0.3, 0.4) is 0 Å². The molecule has 0 aliphatic carbocycles. The molecule has 0 saturated carbocycles. The number of benzene rings is 1. The summed E-state index contributed by atoms with van der Waals surface area (Å²) in [5.41, 5.74) is 1.06. The maximum atomic E-state index is 10.7. The molecule has 0 spiro atoms. The first-order valence-corrected chi connectivity index (χ1v) is 5.59. The van der Waals surface area contributed by atoms with E-state index in [1.807, 2.05) is 30.3 Å². The third-order valence-electron chi connectivity index (χ3n) is 2.93. The Bertz CT molecular complexity index is 368. The van der Waals surface area contributed by atoms with Crippen LogP contribution in [0.5, 0.6) is 0 Å². The minimum absolute atomic E-state index is 0.360. The van der Waals surface area contributed by atoms with Gasteiger partial charge in [0, 0.05) is 19.5 Å². The summed E-state index contributed by atoms with van der Waals surface area (Å²) in [6.45, 7) is 1.15. The molecule has 1 aliphatic rings. The fourth-order valence-corrected chi connectivity index (χ4v) is 2.07. The van der Waals surface area contributed by atoms with E-state index in [0.717, 1.165) is 12.0 Å². The lowest BCUT2D eigenvalue weighted by atomic mass is 10.1. The van der Waals surface area contributed by atoms with E-state index in [0.29, 0.717) is 19.5 Å². The third-order valence-corrected chi connectivity index (χ3v) is 2.93. The van der Waals surface area contributed by atoms with E-state index >= 15 is 0 Å². The van der Waals surface area contributed by atoms with E-state index in [1.165, 1.54) is 10.0 Å². The molecular weight excluding hydrogens is 220 g/mol. The number of nitrogens with zero attached hydrogens (tertiary/aromatic N) is 4. The molecular formula is C11H14N4O2. The van der Waals surface area contributed by atoms with Crippen molar-refractivity contribution in [1.29, 1.82) is 0 Å². The van der Waals surface area contributed by atoms with Crippen LogP contribution in [0.2, 0.25) is 0 Å². The molecule has 6 heteroatoms. The summed E-state index contributed by atoms with van der Waals surface area (Å²) >= 11 is 0. The van der Waals surface area contributed by atoms with Gasteiger partial charge in [0.2, 0.25) is 0 Å². The smallest absolute Gasteiger partial charge is 0.144 e. The molecule has 1 fully saturated rings. The van der Waals surface area contributed by atoms with Gasteiger partial charge in [-0.1, -0.05) is 30.3 Å². The van der Waals surface area contributed by atoms with Gasteiger partial charge in [-0.2, -0.15) is 0 Å². The highest BCUT2D eigenvalue weighted by Gasteiger charge is 2.29. The monoisotopic (exact) mass is 234 g/mol. The SMILES string of the molecule is O=NN1CCCN(N=O)C1Cc1ccccc1. The Kier molecular flexibility index (Phi) is 3.64. The van der Waals surface area contributed by atoms with Crippen molar-refractivity contribution in [2.45, 2.75) is 19.0 Å². The number of hydrogen-bond acceptors (Lipinski definition) is 4. The van der Waals surface area contributed by atoms with Crippen LogP contribution in [0.25, 0.3) is 0 Å². The zero-order valence-corrected chi connectivity index (χ0v) is 9.40. The summed E-state index contributed by atoms with van der Waals surface area (Å²) in [6.07, 6.45) is 0.933. The first-order chi connectivity index (χ1) is 8.35. The van der Waals surface area contributed by atoms with Crippen LogP contribution >= 0.6 is 0 Å². The summed E-state index contributed by atoms with van der Waals surface area (Å²) in [4.78, 5) is 21.5. The normalized spacial score (nSPS) is 16.9. The third kappa shape index (κ3) is 2.58. The van der Waals surface area contributed by atoms with Gasteiger partial charge in [-0.15, -0.1) is 9.81 Å². The first kappa shape index (κ1) is 11.5. The minimum Gasteiger partial charge on any atom is -0.236 e. The second-order valence-electron chi connectivity index (χ2n) is 4.01. The van der Waals surface area contributed by atoms with E-state index in [4.69, 9.17) is 0 Å². The lowest BCUT2D eigenvalue weighted by Crippen LogP contribution is -2.49. The number of rotatable bonds is 4. The molecule has 90 valence electrons. The molecule has 0 unspecified atom stereocenters. The van der Waals surface area contributed by atoms with Crippen LogP contribution in [-0.2, 0) is 6.42 Å². The molecule has 1 aromatic carbocycles. The van der Waals surface area contributed by atoms with Crippen molar-refractivity contribution >= 4 is 0 Å². The van der Waals surface area contributed by atoms with Gasteiger partial charge in [0.25, 0.3) is 0 Å². The predicted molar refractivity (Wildman–Crippen MR) is 63.6 cm³/mol. The maximum absolute atomic E-state index is 10.7. The zero-order chi connectivity index (χ0) is 12.1. The molecule has 1 saturated heterocycles. The molecule has 0 amide bonds. The van der Waals surface area contributed by atoms with E-state index in [9.17, 15) is 9.81 Å². The molecule has 0 atom stereocenters. The van der Waals surface area contributed by atoms with Crippen molar-refractivity contribution in [2.24, 2.45) is 10.6 Å². The molecule has 1 aliphatic heterocycles. The maximum Gasteiger partial charge on any atom is 0.144 e. The lowest BCUT2D eigenvalue weighted by molar-refractivity contribution is 0.00472. The average molecular weight is 234 g/mol. The Balaban J connectivity index is 2.13. The summed E-state index contributed by atoms with van der Waals surface area (Å²) < 4.78 is 0. The van der Waals surface area contributed by atoms with Crippen molar-refractivity contribution in [3.63, 3.8) is 0 Å². The molecule has 0 radical (unpaired) electrons. The second-order valence-corrected chi connectivity index (χ2v) is 4.01. The van der Waals surface area contributed by atoms with Crippen molar-refractivity contribution in [2.75, 3.05) is 13.1 Å². The Morgan fingerprint density at radius 2 is 1.65 bits per heavy atom. The summed E-state index contributed by atoms with van der Waals surface area (Å²) in [5.74, 6) is 0. The first-order valence-electron chi connectivity index (χ1n) is 5.59. The van der Waals surface area contributed by atoms with E-state index in [-0.39, 0.29) is 6.17 Å². The second kappa shape index (κ2) is 5.38. The van der Waals surface area contributed by atoms with Crippen LogP contribution in [0.1, 0.15) is 12.0 Å². The van der Waals surface area contributed by atoms with Crippen LogP contribution in [-0.4, -0.2) is 29.3 Å². The standard InChI is InChI=1S/C11H14N4O2/c16-12-14-7-4-8-15(13-17)11(14)9-10-5-2-1-3-6-10/h1-3,5-6,11H,4,7-9H2. The van der Waals surface area contributed by atoms with Crippen LogP contribution in [0.4, 0.5) is 0 Å². The summed E-state index contributed by atoms with van der Waals surface area (Å²) in [6, 6.07) is 9.70. The molecule has 0 aromatic heterocycles. The molecule has 1 heterocycles. The fourth-order valence-electron chi connectivity index (χ4n) is 2.07. The average Bonchev–Trinajstić information content (AvgIpc) is 2.40. The fraction of sp³-hybridized carbons (Fsp3) is 0.455. The number of nitroso groups, excluding NO2 is 2. The van der Waals surface area contributed by atoms with Crippen molar-refractivity contribution in [1.82, 2.24) is 10.0 Å². The van der Waals surface area contributed by atoms with Crippen molar-refractivity contribution in [3.8, 4) is 0 Å². The van der Waals surface area contributed by atoms with Gasteiger partial charge in [0.1, 0.15) is 6.17 Å². The van der Waals surface area contributed by atoms with Gasteiger partial charge in [-0.05, 0) is 12.0 Å². The Labute approximate surface area is 99.1 Å². The topological polar surface area (TPSA) is 65.3 Å². The minimum atomic E-state index is -0.360. The van der Waals surface area contributed by atoms with Gasteiger partial charge in [-0.25, -0.2) is 10.0 Å².